The maximum absolute atomic E-state index is 12.6. The van der Waals surface area contributed by atoms with Gasteiger partial charge in [0.1, 0.15) is 0 Å². The first-order valence-corrected chi connectivity index (χ1v) is 8.75. The molecular formula is C19H18Cl2N2O2. The predicted molar refractivity (Wildman–Crippen MR) is 101 cm³/mol. The first-order valence-electron chi connectivity index (χ1n) is 7.99. The third-order valence-corrected chi connectivity index (χ3v) is 5.12. The van der Waals surface area contributed by atoms with E-state index in [0.29, 0.717) is 22.3 Å². The molecule has 6 heteroatoms. The molecule has 1 atom stereocenters. The van der Waals surface area contributed by atoms with Crippen LogP contribution >= 0.6 is 23.2 Å². The molecule has 130 valence electrons. The van der Waals surface area contributed by atoms with Crippen molar-refractivity contribution in [2.75, 3.05) is 16.8 Å². The average molecular weight is 377 g/mol. The van der Waals surface area contributed by atoms with Gasteiger partial charge in [0.05, 0.1) is 5.92 Å². The number of halogens is 2. The van der Waals surface area contributed by atoms with Gasteiger partial charge in [0.25, 0.3) is 0 Å². The van der Waals surface area contributed by atoms with Crippen LogP contribution in [0, 0.1) is 19.8 Å². The lowest BCUT2D eigenvalue weighted by Gasteiger charge is -2.19. The molecule has 1 N–H and O–H groups in total. The Kier molecular flexibility index (Phi) is 5.02. The standard InChI is InChI=1S/C19H18Cl2N2O2/c1-11-8-14(20)6-7-17(11)23-10-13(9-18(23)24)19(25)22-16-5-3-4-15(21)12(16)2/h3-8,13H,9-10H2,1-2H3,(H,22,25). The molecule has 25 heavy (non-hydrogen) atoms. The number of anilines is 2. The van der Waals surface area contributed by atoms with Crippen LogP contribution in [0.15, 0.2) is 36.4 Å². The number of nitrogens with zero attached hydrogens (tertiary/aromatic N) is 1. The predicted octanol–water partition coefficient (Wildman–Crippen LogP) is 4.60. The lowest BCUT2D eigenvalue weighted by atomic mass is 10.1. The molecule has 2 aromatic rings. The SMILES string of the molecule is Cc1cc(Cl)ccc1N1CC(C(=O)Nc2cccc(Cl)c2C)CC1=O. The zero-order valence-corrected chi connectivity index (χ0v) is 15.5. The van der Waals surface area contributed by atoms with Crippen LogP contribution in [-0.4, -0.2) is 18.4 Å². The summed E-state index contributed by atoms with van der Waals surface area (Å²) < 4.78 is 0. The molecular weight excluding hydrogens is 359 g/mol. The Hall–Kier alpha value is -2.04. The van der Waals surface area contributed by atoms with Crippen LogP contribution in [0.5, 0.6) is 0 Å². The average Bonchev–Trinajstić information content (AvgIpc) is 2.94. The van der Waals surface area contributed by atoms with Gasteiger partial charge in [-0.05, 0) is 55.3 Å². The zero-order chi connectivity index (χ0) is 18.1. The van der Waals surface area contributed by atoms with Crippen molar-refractivity contribution >= 4 is 46.4 Å². The largest absolute Gasteiger partial charge is 0.325 e. The second-order valence-corrected chi connectivity index (χ2v) is 7.08. The van der Waals surface area contributed by atoms with E-state index in [1.165, 1.54) is 0 Å². The van der Waals surface area contributed by atoms with Gasteiger partial charge in [0, 0.05) is 34.4 Å². The summed E-state index contributed by atoms with van der Waals surface area (Å²) in [4.78, 5) is 26.6. The number of aryl methyl sites for hydroxylation is 1. The van der Waals surface area contributed by atoms with Crippen LogP contribution in [0.2, 0.25) is 10.0 Å². The van der Waals surface area contributed by atoms with Crippen LogP contribution < -0.4 is 10.2 Å². The van der Waals surface area contributed by atoms with E-state index in [1.807, 2.05) is 26.0 Å². The lowest BCUT2D eigenvalue weighted by molar-refractivity contribution is -0.122. The van der Waals surface area contributed by atoms with Crippen LogP contribution in [0.1, 0.15) is 17.5 Å². The van der Waals surface area contributed by atoms with E-state index in [9.17, 15) is 9.59 Å². The fourth-order valence-corrected chi connectivity index (χ4v) is 3.42. The van der Waals surface area contributed by atoms with Gasteiger partial charge >= 0.3 is 0 Å². The summed E-state index contributed by atoms with van der Waals surface area (Å²) in [6.45, 7) is 4.10. The minimum absolute atomic E-state index is 0.0617. The summed E-state index contributed by atoms with van der Waals surface area (Å²) in [5.74, 6) is -0.637. The van der Waals surface area contributed by atoms with E-state index in [4.69, 9.17) is 23.2 Å². The van der Waals surface area contributed by atoms with Crippen molar-refractivity contribution in [3.8, 4) is 0 Å². The third kappa shape index (κ3) is 3.65. The highest BCUT2D eigenvalue weighted by Gasteiger charge is 2.35. The van der Waals surface area contributed by atoms with Crippen molar-refractivity contribution in [3.63, 3.8) is 0 Å². The molecule has 0 aromatic heterocycles. The van der Waals surface area contributed by atoms with Crippen molar-refractivity contribution in [3.05, 3.63) is 57.6 Å². The topological polar surface area (TPSA) is 49.4 Å². The van der Waals surface area contributed by atoms with E-state index in [-0.39, 0.29) is 18.2 Å². The Morgan fingerprint density at radius 2 is 1.96 bits per heavy atom. The van der Waals surface area contributed by atoms with Gasteiger partial charge in [-0.3, -0.25) is 9.59 Å². The number of benzene rings is 2. The Labute approximate surface area is 156 Å². The molecule has 1 saturated heterocycles. The number of nitrogens with one attached hydrogen (secondary N) is 1. The van der Waals surface area contributed by atoms with Gasteiger partial charge < -0.3 is 10.2 Å². The summed E-state index contributed by atoms with van der Waals surface area (Å²) >= 11 is 12.1. The summed E-state index contributed by atoms with van der Waals surface area (Å²) in [6.07, 6.45) is 0.188. The lowest BCUT2D eigenvalue weighted by Crippen LogP contribution is -2.28. The van der Waals surface area contributed by atoms with Gasteiger partial charge in [0.2, 0.25) is 11.8 Å². The minimum atomic E-state index is -0.402. The maximum atomic E-state index is 12.6. The highest BCUT2D eigenvalue weighted by atomic mass is 35.5. The molecule has 1 fully saturated rings. The molecule has 2 aromatic carbocycles. The number of hydrogen-bond acceptors (Lipinski definition) is 2. The second-order valence-electron chi connectivity index (χ2n) is 6.24. The second kappa shape index (κ2) is 7.06. The summed E-state index contributed by atoms with van der Waals surface area (Å²) in [6, 6.07) is 10.7. The Morgan fingerprint density at radius 1 is 1.20 bits per heavy atom. The molecule has 1 aliphatic rings. The van der Waals surface area contributed by atoms with Crippen LogP contribution in [0.4, 0.5) is 11.4 Å². The van der Waals surface area contributed by atoms with Crippen molar-refractivity contribution in [2.24, 2.45) is 5.92 Å². The number of amides is 2. The minimum Gasteiger partial charge on any atom is -0.325 e. The molecule has 0 bridgehead atoms. The molecule has 1 aliphatic heterocycles. The maximum Gasteiger partial charge on any atom is 0.229 e. The normalized spacial score (nSPS) is 17.0. The molecule has 0 aliphatic carbocycles. The summed E-state index contributed by atoms with van der Waals surface area (Å²) in [5, 5.41) is 4.11. The van der Waals surface area contributed by atoms with Gasteiger partial charge in [-0.15, -0.1) is 0 Å². The van der Waals surface area contributed by atoms with Crippen LogP contribution in [0.3, 0.4) is 0 Å². The van der Waals surface area contributed by atoms with Crippen molar-refractivity contribution in [1.29, 1.82) is 0 Å². The number of hydrogen-bond donors (Lipinski definition) is 1. The molecule has 3 rings (SSSR count). The monoisotopic (exact) mass is 376 g/mol. The van der Waals surface area contributed by atoms with E-state index < -0.39 is 5.92 Å². The fraction of sp³-hybridized carbons (Fsp3) is 0.263. The van der Waals surface area contributed by atoms with Crippen LogP contribution in [0.25, 0.3) is 0 Å². The van der Waals surface area contributed by atoms with E-state index in [2.05, 4.69) is 5.32 Å². The first-order chi connectivity index (χ1) is 11.9. The molecule has 0 saturated carbocycles. The molecule has 1 heterocycles. The fourth-order valence-electron chi connectivity index (χ4n) is 3.02. The van der Waals surface area contributed by atoms with Gasteiger partial charge in [-0.1, -0.05) is 29.3 Å². The highest BCUT2D eigenvalue weighted by Crippen LogP contribution is 2.31. The number of carbonyl (C=O) groups is 2. The quantitative estimate of drug-likeness (QED) is 0.850. The summed E-state index contributed by atoms with van der Waals surface area (Å²) in [7, 11) is 0. The van der Waals surface area contributed by atoms with Crippen molar-refractivity contribution < 1.29 is 9.59 Å². The van der Waals surface area contributed by atoms with Gasteiger partial charge in [0.15, 0.2) is 0 Å². The molecule has 4 nitrogen and oxygen atoms in total. The zero-order valence-electron chi connectivity index (χ0n) is 14.0. The molecule has 0 spiro atoms. The molecule has 2 amide bonds. The van der Waals surface area contributed by atoms with Crippen molar-refractivity contribution in [2.45, 2.75) is 20.3 Å². The Bertz CT molecular complexity index is 851. The van der Waals surface area contributed by atoms with Crippen molar-refractivity contribution in [1.82, 2.24) is 0 Å². The van der Waals surface area contributed by atoms with E-state index in [1.54, 1.807) is 29.2 Å². The first kappa shape index (κ1) is 17.8. The molecule has 1 unspecified atom stereocenters. The van der Waals surface area contributed by atoms with Gasteiger partial charge in [-0.25, -0.2) is 0 Å². The number of rotatable bonds is 3. The van der Waals surface area contributed by atoms with E-state index >= 15 is 0 Å². The Balaban J connectivity index is 1.75. The molecule has 0 radical (unpaired) electrons. The smallest absolute Gasteiger partial charge is 0.229 e. The third-order valence-electron chi connectivity index (χ3n) is 4.47. The highest BCUT2D eigenvalue weighted by molar-refractivity contribution is 6.32. The van der Waals surface area contributed by atoms with Gasteiger partial charge in [-0.2, -0.15) is 0 Å². The number of carbonyl (C=O) groups excluding carboxylic acids is 2. The Morgan fingerprint density at radius 3 is 2.68 bits per heavy atom. The van der Waals surface area contributed by atoms with Crippen LogP contribution in [-0.2, 0) is 9.59 Å². The summed E-state index contributed by atoms with van der Waals surface area (Å²) in [5.41, 5.74) is 3.19. The van der Waals surface area contributed by atoms with E-state index in [0.717, 1.165) is 16.8 Å².